The molecule has 0 aromatic carbocycles. The van der Waals surface area contributed by atoms with E-state index in [9.17, 15) is 4.79 Å². The van der Waals surface area contributed by atoms with Gasteiger partial charge in [-0.15, -0.1) is 0 Å². The van der Waals surface area contributed by atoms with Crippen LogP contribution in [0.3, 0.4) is 0 Å². The van der Waals surface area contributed by atoms with Crippen molar-refractivity contribution in [1.29, 1.82) is 0 Å². The highest BCUT2D eigenvalue weighted by Gasteiger charge is 2.49. The van der Waals surface area contributed by atoms with Gasteiger partial charge in [0, 0.05) is 26.2 Å². The summed E-state index contributed by atoms with van der Waals surface area (Å²) >= 11 is 3.64. The summed E-state index contributed by atoms with van der Waals surface area (Å²) in [7, 11) is 1.87. The second-order valence-corrected chi connectivity index (χ2v) is 11.2. The summed E-state index contributed by atoms with van der Waals surface area (Å²) in [6.45, 7) is 13.0. The molecule has 3 aromatic rings. The minimum Gasteiger partial charge on any atom is -0.443 e. The molecule has 2 aliphatic heterocycles. The van der Waals surface area contributed by atoms with Gasteiger partial charge < -0.3 is 14.4 Å². The molecule has 0 atom stereocenters. The van der Waals surface area contributed by atoms with Crippen LogP contribution in [-0.4, -0.2) is 62.4 Å². The maximum Gasteiger partial charge on any atom is 0.416 e. The molecule has 0 saturated carbocycles. The Balaban J connectivity index is 1.61. The number of amides is 1. The number of hydrogen-bond donors (Lipinski definition) is 0. The molecule has 2 aliphatic rings. The molecule has 0 radical (unpaired) electrons. The third-order valence-corrected chi connectivity index (χ3v) is 7.09. The van der Waals surface area contributed by atoms with E-state index in [0.717, 1.165) is 53.7 Å². The van der Waals surface area contributed by atoms with Gasteiger partial charge in [0.2, 0.25) is 0 Å². The minimum absolute atomic E-state index is 0.235. The van der Waals surface area contributed by atoms with E-state index in [2.05, 4.69) is 31.0 Å². The Morgan fingerprint density at radius 1 is 1.24 bits per heavy atom. The van der Waals surface area contributed by atoms with Crippen molar-refractivity contribution in [3.8, 4) is 0 Å². The Kier molecular flexibility index (Phi) is 5.40. The third-order valence-electron chi connectivity index (χ3n) is 6.16. The number of aromatic nitrogens is 5. The highest BCUT2D eigenvalue weighted by Crippen LogP contribution is 2.41. The van der Waals surface area contributed by atoms with Crippen molar-refractivity contribution < 1.29 is 14.3 Å². The monoisotopic (exact) mass is 531 g/mol. The molecule has 2 saturated heterocycles. The summed E-state index contributed by atoms with van der Waals surface area (Å²) in [6, 6.07) is 3.89. The first-order valence-electron chi connectivity index (χ1n) is 11.3. The summed E-state index contributed by atoms with van der Waals surface area (Å²) < 4.78 is 15.5. The predicted octanol–water partition coefficient (Wildman–Crippen LogP) is 3.62. The molecule has 2 fully saturated rings. The van der Waals surface area contributed by atoms with Crippen LogP contribution in [-0.2, 0) is 23.1 Å². The van der Waals surface area contributed by atoms with E-state index in [-0.39, 0.29) is 12.0 Å². The van der Waals surface area contributed by atoms with Crippen LogP contribution in [0.5, 0.6) is 0 Å². The summed E-state index contributed by atoms with van der Waals surface area (Å²) in [6.07, 6.45) is -0.457. The second kappa shape index (κ2) is 7.94. The minimum atomic E-state index is -0.651. The molecule has 3 aromatic heterocycles. The lowest BCUT2D eigenvalue weighted by Gasteiger charge is -2.55. The van der Waals surface area contributed by atoms with E-state index in [1.807, 2.05) is 53.8 Å². The molecule has 5 heterocycles. The maximum atomic E-state index is 13.5. The van der Waals surface area contributed by atoms with Crippen molar-refractivity contribution in [3.05, 3.63) is 33.7 Å². The lowest BCUT2D eigenvalue weighted by Crippen LogP contribution is -2.66. The van der Waals surface area contributed by atoms with Gasteiger partial charge in [0.15, 0.2) is 5.65 Å². The Bertz CT molecular complexity index is 1260. The van der Waals surface area contributed by atoms with Crippen LogP contribution in [0.2, 0.25) is 0 Å². The molecule has 11 heteroatoms. The van der Waals surface area contributed by atoms with Gasteiger partial charge in [-0.05, 0) is 56.6 Å². The maximum absolute atomic E-state index is 13.5. The van der Waals surface area contributed by atoms with Crippen LogP contribution in [0.15, 0.2) is 16.6 Å². The van der Waals surface area contributed by atoms with Gasteiger partial charge in [0.05, 0.1) is 46.7 Å². The molecule has 182 valence electrons. The zero-order valence-electron chi connectivity index (χ0n) is 20.4. The first kappa shape index (κ1) is 23.1. The van der Waals surface area contributed by atoms with E-state index >= 15 is 0 Å². The Morgan fingerprint density at radius 3 is 2.50 bits per heavy atom. The number of rotatable bonds is 4. The van der Waals surface area contributed by atoms with Gasteiger partial charge in [0.25, 0.3) is 0 Å². The molecule has 34 heavy (non-hydrogen) atoms. The summed E-state index contributed by atoms with van der Waals surface area (Å²) in [5, 5.41) is 9.13. The fraction of sp³-hybridized carbons (Fsp3) is 0.565. The molecular formula is C23H30BrN7O3. The number of carbonyl (C=O) groups is 1. The number of halogens is 1. The lowest BCUT2D eigenvalue weighted by molar-refractivity contribution is -0.127. The van der Waals surface area contributed by atoms with Crippen LogP contribution in [0.25, 0.3) is 5.65 Å². The molecular weight excluding hydrogens is 502 g/mol. The van der Waals surface area contributed by atoms with Gasteiger partial charge in [0.1, 0.15) is 17.2 Å². The molecule has 10 nitrogen and oxygen atoms in total. The van der Waals surface area contributed by atoms with Crippen molar-refractivity contribution in [3.63, 3.8) is 0 Å². The van der Waals surface area contributed by atoms with Gasteiger partial charge in [-0.2, -0.15) is 14.7 Å². The fourth-order valence-corrected chi connectivity index (χ4v) is 4.79. The average Bonchev–Trinajstić information content (AvgIpc) is 3.13. The van der Waals surface area contributed by atoms with Crippen molar-refractivity contribution in [2.24, 2.45) is 12.5 Å². The molecule has 0 N–H and O–H groups in total. The first-order chi connectivity index (χ1) is 15.9. The summed E-state index contributed by atoms with van der Waals surface area (Å²) in [5.41, 5.74) is 2.80. The van der Waals surface area contributed by atoms with Crippen LogP contribution >= 0.6 is 15.9 Å². The molecule has 0 aliphatic carbocycles. The quantitative estimate of drug-likeness (QED) is 0.507. The molecule has 5 rings (SSSR count). The number of carbonyl (C=O) groups excluding carboxylic acids is 1. The second-order valence-electron chi connectivity index (χ2n) is 10.4. The normalized spacial score (nSPS) is 17.1. The number of nitrogens with zero attached hydrogens (tertiary/aromatic N) is 7. The number of aryl methyl sites for hydroxylation is 3. The van der Waals surface area contributed by atoms with E-state index in [1.165, 1.54) is 0 Å². The fourth-order valence-electron chi connectivity index (χ4n) is 4.45. The van der Waals surface area contributed by atoms with Crippen molar-refractivity contribution in [2.45, 2.75) is 46.8 Å². The van der Waals surface area contributed by atoms with Crippen molar-refractivity contribution in [2.75, 3.05) is 36.1 Å². The van der Waals surface area contributed by atoms with Crippen LogP contribution < -0.4 is 9.80 Å². The molecule has 1 amide bonds. The van der Waals surface area contributed by atoms with E-state index in [0.29, 0.717) is 11.5 Å². The standard InChI is InChI=1S/C23H30BrN7O3/c1-14-7-16(28(6)26-14)9-30(21(32)34-22(3,4)5)18-8-17(29-10-23(11-29)12-33-13-23)25-20-19(24)15(2)27-31(18)20/h7-8H,9-13H2,1-6H3. The summed E-state index contributed by atoms with van der Waals surface area (Å²) in [4.78, 5) is 22.2. The molecule has 1 spiro atoms. The zero-order chi connectivity index (χ0) is 24.4. The number of ether oxygens (including phenoxy) is 2. The average molecular weight is 532 g/mol. The lowest BCUT2D eigenvalue weighted by atomic mass is 9.78. The Hall–Kier alpha value is -2.66. The van der Waals surface area contributed by atoms with Crippen LogP contribution in [0.1, 0.15) is 37.9 Å². The Morgan fingerprint density at radius 2 is 1.94 bits per heavy atom. The van der Waals surface area contributed by atoms with Crippen LogP contribution in [0, 0.1) is 19.3 Å². The van der Waals surface area contributed by atoms with Gasteiger partial charge >= 0.3 is 6.09 Å². The smallest absolute Gasteiger partial charge is 0.416 e. The topological polar surface area (TPSA) is 90.0 Å². The first-order valence-corrected chi connectivity index (χ1v) is 12.1. The third kappa shape index (κ3) is 4.04. The van der Waals surface area contributed by atoms with Gasteiger partial charge in [-0.1, -0.05) is 0 Å². The predicted molar refractivity (Wildman–Crippen MR) is 131 cm³/mol. The number of fused-ring (bicyclic) bond motifs is 1. The summed E-state index contributed by atoms with van der Waals surface area (Å²) in [5.74, 6) is 1.39. The number of hydrogen-bond acceptors (Lipinski definition) is 7. The van der Waals surface area contributed by atoms with E-state index in [4.69, 9.17) is 14.5 Å². The van der Waals surface area contributed by atoms with Gasteiger partial charge in [-0.25, -0.2) is 9.78 Å². The van der Waals surface area contributed by atoms with E-state index in [1.54, 1.807) is 14.1 Å². The zero-order valence-corrected chi connectivity index (χ0v) is 22.0. The largest absolute Gasteiger partial charge is 0.443 e. The molecule has 0 bridgehead atoms. The van der Waals surface area contributed by atoms with E-state index < -0.39 is 11.7 Å². The van der Waals surface area contributed by atoms with Crippen molar-refractivity contribution >= 4 is 39.3 Å². The SMILES string of the molecule is Cc1cc(CN(C(=O)OC(C)(C)C)c2cc(N3CC4(COC4)C3)nc3c(Br)c(C)nn23)n(C)n1. The highest BCUT2D eigenvalue weighted by molar-refractivity contribution is 9.10. The number of anilines is 2. The Labute approximate surface area is 206 Å². The highest BCUT2D eigenvalue weighted by atomic mass is 79.9. The molecule has 0 unspecified atom stereocenters. The van der Waals surface area contributed by atoms with Crippen LogP contribution in [0.4, 0.5) is 16.4 Å². The van der Waals surface area contributed by atoms with Crippen molar-refractivity contribution in [1.82, 2.24) is 24.4 Å². The van der Waals surface area contributed by atoms with Gasteiger partial charge in [-0.3, -0.25) is 9.58 Å².